The summed E-state index contributed by atoms with van der Waals surface area (Å²) in [5.74, 6) is 1.89. The van der Waals surface area contributed by atoms with Gasteiger partial charge >= 0.3 is 0 Å². The Labute approximate surface area is 330 Å². The molecule has 0 aliphatic heterocycles. The second kappa shape index (κ2) is 14.9. The standard InChI is InChI=1S/C51H45N5/c1-50(2,3)43-25-21-38(22-26-43)47-54-48(39-23-27-44(28-24-39)51(4,5)6)56-49(55-47)42-32-40(34-13-17-36(18-14-34)45-11-7-9-29-52-45)31-41(33-42)35-15-19-37(20-16-35)46-12-8-10-30-53-46/h7-33H,1-6H3. The summed E-state index contributed by atoms with van der Waals surface area (Å²) in [6, 6.07) is 53.0. The van der Waals surface area contributed by atoms with Crippen LogP contribution in [-0.4, -0.2) is 24.9 Å². The molecule has 5 heteroatoms. The Kier molecular flexibility index (Phi) is 9.69. The molecule has 0 spiro atoms. The zero-order valence-corrected chi connectivity index (χ0v) is 32.8. The number of rotatable bonds is 7. The van der Waals surface area contributed by atoms with Gasteiger partial charge in [-0.15, -0.1) is 0 Å². The second-order valence-electron chi connectivity index (χ2n) is 16.3. The zero-order chi connectivity index (χ0) is 38.9. The minimum Gasteiger partial charge on any atom is -0.256 e. The third kappa shape index (κ3) is 7.94. The maximum Gasteiger partial charge on any atom is 0.164 e. The molecule has 0 amide bonds. The van der Waals surface area contributed by atoms with E-state index >= 15 is 0 Å². The van der Waals surface area contributed by atoms with Gasteiger partial charge in [-0.3, -0.25) is 9.97 Å². The molecule has 3 heterocycles. The van der Waals surface area contributed by atoms with Crippen molar-refractivity contribution in [1.82, 2.24) is 24.9 Å². The summed E-state index contributed by atoms with van der Waals surface area (Å²) >= 11 is 0. The smallest absolute Gasteiger partial charge is 0.164 e. The Morgan fingerprint density at radius 1 is 0.304 bits per heavy atom. The molecule has 0 atom stereocenters. The molecule has 5 nitrogen and oxygen atoms in total. The highest BCUT2D eigenvalue weighted by atomic mass is 15.0. The molecule has 0 N–H and O–H groups in total. The van der Waals surface area contributed by atoms with E-state index in [9.17, 15) is 0 Å². The van der Waals surface area contributed by atoms with Crippen LogP contribution in [0.5, 0.6) is 0 Å². The van der Waals surface area contributed by atoms with E-state index in [1.165, 1.54) is 11.1 Å². The molecule has 0 unspecified atom stereocenters. The molecular weight excluding hydrogens is 683 g/mol. The number of aromatic nitrogens is 5. The lowest BCUT2D eigenvalue weighted by atomic mass is 9.86. The Bertz CT molecular complexity index is 2410. The topological polar surface area (TPSA) is 64.5 Å². The highest BCUT2D eigenvalue weighted by Gasteiger charge is 2.19. The molecule has 8 rings (SSSR count). The van der Waals surface area contributed by atoms with E-state index in [0.717, 1.165) is 61.5 Å². The van der Waals surface area contributed by atoms with Crippen molar-refractivity contribution < 1.29 is 0 Å². The van der Waals surface area contributed by atoms with Crippen molar-refractivity contribution in [2.75, 3.05) is 0 Å². The first-order valence-corrected chi connectivity index (χ1v) is 19.2. The van der Waals surface area contributed by atoms with Gasteiger partial charge < -0.3 is 0 Å². The molecular formula is C51H45N5. The summed E-state index contributed by atoms with van der Waals surface area (Å²) in [4.78, 5) is 24.6. The Balaban J connectivity index is 1.28. The van der Waals surface area contributed by atoms with Crippen molar-refractivity contribution in [3.8, 4) is 78.9 Å². The summed E-state index contributed by atoms with van der Waals surface area (Å²) < 4.78 is 0. The third-order valence-corrected chi connectivity index (χ3v) is 10.2. The Morgan fingerprint density at radius 3 is 0.964 bits per heavy atom. The Hall–Kier alpha value is -6.59. The summed E-state index contributed by atoms with van der Waals surface area (Å²) in [5, 5.41) is 0. The van der Waals surface area contributed by atoms with Gasteiger partial charge in [-0.1, -0.05) is 151 Å². The van der Waals surface area contributed by atoms with Crippen LogP contribution in [0.1, 0.15) is 52.7 Å². The van der Waals surface area contributed by atoms with Gasteiger partial charge in [0.05, 0.1) is 11.4 Å². The average Bonchev–Trinajstić information content (AvgIpc) is 3.23. The Morgan fingerprint density at radius 2 is 0.625 bits per heavy atom. The summed E-state index contributed by atoms with van der Waals surface area (Å²) in [5.41, 5.74) is 13.7. The first-order chi connectivity index (χ1) is 27.0. The molecule has 56 heavy (non-hydrogen) atoms. The van der Waals surface area contributed by atoms with Crippen LogP contribution in [0.4, 0.5) is 0 Å². The largest absolute Gasteiger partial charge is 0.256 e. The molecule has 274 valence electrons. The van der Waals surface area contributed by atoms with Crippen LogP contribution in [0.15, 0.2) is 164 Å². The van der Waals surface area contributed by atoms with Crippen LogP contribution >= 0.6 is 0 Å². The minimum atomic E-state index is 0.0329. The second-order valence-corrected chi connectivity index (χ2v) is 16.3. The predicted molar refractivity (Wildman–Crippen MR) is 231 cm³/mol. The fraction of sp³-hybridized carbons (Fsp3) is 0.157. The first-order valence-electron chi connectivity index (χ1n) is 19.2. The van der Waals surface area contributed by atoms with E-state index in [0.29, 0.717) is 17.5 Å². The van der Waals surface area contributed by atoms with Crippen LogP contribution in [-0.2, 0) is 10.8 Å². The quantitative estimate of drug-likeness (QED) is 0.164. The molecule has 0 aliphatic rings. The molecule has 0 radical (unpaired) electrons. The molecule has 0 saturated heterocycles. The lowest BCUT2D eigenvalue weighted by molar-refractivity contribution is 0.590. The van der Waals surface area contributed by atoms with Gasteiger partial charge in [0, 0.05) is 40.2 Å². The maximum absolute atomic E-state index is 5.19. The SMILES string of the molecule is CC(C)(C)c1ccc(-c2nc(-c3ccc(C(C)(C)C)cc3)nc(-c3cc(-c4ccc(-c5ccccn5)cc4)cc(-c4ccc(-c5ccccn5)cc4)c3)n2)cc1. The monoisotopic (exact) mass is 727 g/mol. The van der Waals surface area contributed by atoms with Crippen molar-refractivity contribution in [2.24, 2.45) is 0 Å². The van der Waals surface area contributed by atoms with E-state index in [1.54, 1.807) is 0 Å². The molecule has 8 aromatic rings. The van der Waals surface area contributed by atoms with E-state index in [1.807, 2.05) is 48.8 Å². The molecule has 5 aromatic carbocycles. The van der Waals surface area contributed by atoms with Gasteiger partial charge in [0.25, 0.3) is 0 Å². The summed E-state index contributed by atoms with van der Waals surface area (Å²) in [7, 11) is 0. The predicted octanol–water partition coefficient (Wildman–Crippen LogP) is 12.9. The highest BCUT2D eigenvalue weighted by Crippen LogP contribution is 2.35. The molecule has 0 saturated carbocycles. The number of hydrogen-bond donors (Lipinski definition) is 0. The van der Waals surface area contributed by atoms with Gasteiger partial charge in [0.15, 0.2) is 17.5 Å². The van der Waals surface area contributed by atoms with Gasteiger partial charge in [0.1, 0.15) is 0 Å². The van der Waals surface area contributed by atoms with E-state index in [2.05, 4.69) is 167 Å². The highest BCUT2D eigenvalue weighted by molar-refractivity contribution is 5.82. The van der Waals surface area contributed by atoms with E-state index in [4.69, 9.17) is 15.0 Å². The number of pyridine rings is 2. The fourth-order valence-electron chi connectivity index (χ4n) is 6.83. The number of benzene rings is 5. The number of hydrogen-bond acceptors (Lipinski definition) is 5. The lowest BCUT2D eigenvalue weighted by Crippen LogP contribution is -2.10. The first kappa shape index (κ1) is 36.4. The van der Waals surface area contributed by atoms with E-state index in [-0.39, 0.29) is 10.8 Å². The molecule has 0 fully saturated rings. The number of nitrogens with zero attached hydrogens (tertiary/aromatic N) is 5. The summed E-state index contributed by atoms with van der Waals surface area (Å²) in [6.45, 7) is 13.4. The van der Waals surface area contributed by atoms with Crippen LogP contribution in [0.3, 0.4) is 0 Å². The van der Waals surface area contributed by atoms with Gasteiger partial charge in [0.2, 0.25) is 0 Å². The molecule has 3 aromatic heterocycles. The van der Waals surface area contributed by atoms with Crippen molar-refractivity contribution in [1.29, 1.82) is 0 Å². The normalized spacial score (nSPS) is 11.8. The molecule has 0 aliphatic carbocycles. The van der Waals surface area contributed by atoms with Crippen LogP contribution in [0.25, 0.3) is 78.9 Å². The minimum absolute atomic E-state index is 0.0329. The van der Waals surface area contributed by atoms with Crippen molar-refractivity contribution >= 4 is 0 Å². The zero-order valence-electron chi connectivity index (χ0n) is 32.8. The van der Waals surface area contributed by atoms with Crippen molar-refractivity contribution in [3.05, 3.63) is 175 Å². The average molecular weight is 728 g/mol. The van der Waals surface area contributed by atoms with E-state index < -0.39 is 0 Å². The van der Waals surface area contributed by atoms with Crippen molar-refractivity contribution in [3.63, 3.8) is 0 Å². The lowest BCUT2D eigenvalue weighted by Gasteiger charge is -2.19. The van der Waals surface area contributed by atoms with Crippen LogP contribution in [0.2, 0.25) is 0 Å². The van der Waals surface area contributed by atoms with Crippen molar-refractivity contribution in [2.45, 2.75) is 52.4 Å². The van der Waals surface area contributed by atoms with Gasteiger partial charge in [-0.25, -0.2) is 15.0 Å². The van der Waals surface area contributed by atoms with Crippen LogP contribution in [0, 0.1) is 0 Å². The fourth-order valence-corrected chi connectivity index (χ4v) is 6.83. The van der Waals surface area contributed by atoms with Crippen LogP contribution < -0.4 is 0 Å². The van der Waals surface area contributed by atoms with Gasteiger partial charge in [-0.05, 0) is 86.7 Å². The molecule has 0 bridgehead atoms. The maximum atomic E-state index is 5.19. The summed E-state index contributed by atoms with van der Waals surface area (Å²) in [6.07, 6.45) is 3.65. The third-order valence-electron chi connectivity index (χ3n) is 10.2. The van der Waals surface area contributed by atoms with Gasteiger partial charge in [-0.2, -0.15) is 0 Å².